The van der Waals surface area contributed by atoms with Gasteiger partial charge in [-0.1, -0.05) is 18.2 Å². The molecule has 1 aliphatic heterocycles. The molecule has 1 fully saturated rings. The molecule has 0 spiro atoms. The fourth-order valence-electron chi connectivity index (χ4n) is 2.86. The number of nitro groups is 1. The second-order valence-corrected chi connectivity index (χ2v) is 5.81. The molecule has 0 aromatic heterocycles. The van der Waals surface area contributed by atoms with E-state index in [9.17, 15) is 19.7 Å². The third kappa shape index (κ3) is 3.82. The molecule has 25 heavy (non-hydrogen) atoms. The number of nitro benzene ring substituents is 1. The lowest BCUT2D eigenvalue weighted by molar-refractivity contribution is -0.385. The van der Waals surface area contributed by atoms with E-state index in [-0.39, 0.29) is 23.9 Å². The van der Waals surface area contributed by atoms with Gasteiger partial charge in [0.25, 0.3) is 5.69 Å². The third-order valence-corrected chi connectivity index (χ3v) is 4.08. The zero-order valence-corrected chi connectivity index (χ0v) is 13.5. The Hall–Kier alpha value is -3.22. The molecular weight excluding hydrogens is 322 g/mol. The molecule has 0 aliphatic carbocycles. The van der Waals surface area contributed by atoms with Gasteiger partial charge >= 0.3 is 0 Å². The van der Waals surface area contributed by atoms with Gasteiger partial charge in [0, 0.05) is 36.0 Å². The van der Waals surface area contributed by atoms with Crippen molar-refractivity contribution in [2.24, 2.45) is 0 Å². The standard InChI is InChI=1S/C18H17N3O4/c22-17(12-13-4-1-2-5-16(13)21(24)25)19-14-7-9-15(10-8-14)20-11-3-6-18(20)23/h1-2,4-5,7-10H,3,6,11-12H2,(H,19,22). The normalized spacial score (nSPS) is 13.8. The highest BCUT2D eigenvalue weighted by molar-refractivity contribution is 5.96. The van der Waals surface area contributed by atoms with Crippen LogP contribution in [0.3, 0.4) is 0 Å². The van der Waals surface area contributed by atoms with Crippen LogP contribution in [0.5, 0.6) is 0 Å². The van der Waals surface area contributed by atoms with Gasteiger partial charge in [0.05, 0.1) is 11.3 Å². The van der Waals surface area contributed by atoms with Crippen LogP contribution in [0.25, 0.3) is 0 Å². The molecule has 2 aromatic rings. The Bertz CT molecular complexity index is 817. The average Bonchev–Trinajstić information content (AvgIpc) is 3.02. The molecule has 2 amide bonds. The predicted molar refractivity (Wildman–Crippen MR) is 93.5 cm³/mol. The van der Waals surface area contributed by atoms with E-state index in [1.54, 1.807) is 47.4 Å². The lowest BCUT2D eigenvalue weighted by Gasteiger charge is -2.16. The number of nitrogens with one attached hydrogen (secondary N) is 1. The Balaban J connectivity index is 1.65. The highest BCUT2D eigenvalue weighted by Gasteiger charge is 2.21. The van der Waals surface area contributed by atoms with E-state index < -0.39 is 4.92 Å². The van der Waals surface area contributed by atoms with Crippen molar-refractivity contribution in [2.45, 2.75) is 19.3 Å². The van der Waals surface area contributed by atoms with Gasteiger partial charge in [-0.3, -0.25) is 19.7 Å². The fourth-order valence-corrected chi connectivity index (χ4v) is 2.86. The molecule has 1 aliphatic rings. The molecule has 0 unspecified atom stereocenters. The minimum absolute atomic E-state index is 0.0689. The quantitative estimate of drug-likeness (QED) is 0.669. The summed E-state index contributed by atoms with van der Waals surface area (Å²) in [6.07, 6.45) is 1.34. The van der Waals surface area contributed by atoms with Crippen molar-refractivity contribution in [1.82, 2.24) is 0 Å². The van der Waals surface area contributed by atoms with E-state index in [0.29, 0.717) is 24.2 Å². The number of anilines is 2. The summed E-state index contributed by atoms with van der Waals surface area (Å²) in [5.41, 5.74) is 1.68. The number of carbonyl (C=O) groups is 2. The van der Waals surface area contributed by atoms with Gasteiger partial charge in [-0.2, -0.15) is 0 Å². The highest BCUT2D eigenvalue weighted by Crippen LogP contribution is 2.23. The van der Waals surface area contributed by atoms with E-state index in [1.807, 2.05) is 0 Å². The molecule has 2 aromatic carbocycles. The first-order valence-corrected chi connectivity index (χ1v) is 7.97. The molecule has 128 valence electrons. The van der Waals surface area contributed by atoms with Crippen molar-refractivity contribution < 1.29 is 14.5 Å². The molecule has 7 nitrogen and oxygen atoms in total. The fraction of sp³-hybridized carbons (Fsp3) is 0.222. The number of rotatable bonds is 5. The molecular formula is C18H17N3O4. The van der Waals surface area contributed by atoms with Crippen LogP contribution in [0.15, 0.2) is 48.5 Å². The summed E-state index contributed by atoms with van der Waals surface area (Å²) in [5, 5.41) is 13.7. The van der Waals surface area contributed by atoms with E-state index in [1.165, 1.54) is 6.07 Å². The summed E-state index contributed by atoms with van der Waals surface area (Å²) < 4.78 is 0. The summed E-state index contributed by atoms with van der Waals surface area (Å²) in [6.45, 7) is 0.711. The predicted octanol–water partition coefficient (Wildman–Crippen LogP) is 2.90. The van der Waals surface area contributed by atoms with Gasteiger partial charge in [0.15, 0.2) is 0 Å². The summed E-state index contributed by atoms with van der Waals surface area (Å²) in [5.74, 6) is -0.229. The van der Waals surface area contributed by atoms with Gasteiger partial charge in [-0.05, 0) is 30.7 Å². The van der Waals surface area contributed by atoms with E-state index in [4.69, 9.17) is 0 Å². The average molecular weight is 339 g/mol. The number of amides is 2. The number of para-hydroxylation sites is 1. The van der Waals surface area contributed by atoms with Gasteiger partial charge in [0.1, 0.15) is 0 Å². The Morgan fingerprint density at radius 3 is 2.52 bits per heavy atom. The first kappa shape index (κ1) is 16.6. The topological polar surface area (TPSA) is 92.5 Å². The summed E-state index contributed by atoms with van der Waals surface area (Å²) in [4.78, 5) is 36.1. The molecule has 1 heterocycles. The maximum Gasteiger partial charge on any atom is 0.273 e. The lowest BCUT2D eigenvalue weighted by atomic mass is 10.1. The van der Waals surface area contributed by atoms with Crippen LogP contribution < -0.4 is 10.2 Å². The maximum absolute atomic E-state index is 12.2. The third-order valence-electron chi connectivity index (χ3n) is 4.08. The van der Waals surface area contributed by atoms with Crippen LogP contribution in [-0.2, 0) is 16.0 Å². The Kier molecular flexibility index (Phi) is 4.74. The van der Waals surface area contributed by atoms with Crippen molar-refractivity contribution in [2.75, 3.05) is 16.8 Å². The molecule has 0 saturated carbocycles. The zero-order valence-electron chi connectivity index (χ0n) is 13.5. The monoisotopic (exact) mass is 339 g/mol. The highest BCUT2D eigenvalue weighted by atomic mass is 16.6. The Labute approximate surface area is 144 Å². The van der Waals surface area contributed by atoms with Crippen LogP contribution in [0, 0.1) is 10.1 Å². The molecule has 1 saturated heterocycles. The first-order chi connectivity index (χ1) is 12.0. The van der Waals surface area contributed by atoms with Crippen LogP contribution in [0.2, 0.25) is 0 Å². The van der Waals surface area contributed by atoms with Crippen molar-refractivity contribution in [1.29, 1.82) is 0 Å². The number of nitrogens with zero attached hydrogens (tertiary/aromatic N) is 2. The van der Waals surface area contributed by atoms with E-state index >= 15 is 0 Å². The van der Waals surface area contributed by atoms with Crippen molar-refractivity contribution in [3.8, 4) is 0 Å². The van der Waals surface area contributed by atoms with E-state index in [0.717, 1.165) is 12.1 Å². The maximum atomic E-state index is 12.2. The minimum Gasteiger partial charge on any atom is -0.326 e. The van der Waals surface area contributed by atoms with Crippen molar-refractivity contribution in [3.05, 3.63) is 64.2 Å². The van der Waals surface area contributed by atoms with Gasteiger partial charge in [-0.25, -0.2) is 0 Å². The smallest absolute Gasteiger partial charge is 0.273 e. The number of carbonyl (C=O) groups excluding carboxylic acids is 2. The van der Waals surface area contributed by atoms with Crippen LogP contribution in [-0.4, -0.2) is 23.3 Å². The number of benzene rings is 2. The van der Waals surface area contributed by atoms with Gasteiger partial charge < -0.3 is 10.2 Å². The van der Waals surface area contributed by atoms with Crippen molar-refractivity contribution >= 4 is 28.9 Å². The summed E-state index contributed by atoms with van der Waals surface area (Å²) in [7, 11) is 0. The molecule has 0 atom stereocenters. The minimum atomic E-state index is -0.496. The van der Waals surface area contributed by atoms with Gasteiger partial charge in [-0.15, -0.1) is 0 Å². The van der Waals surface area contributed by atoms with Crippen LogP contribution >= 0.6 is 0 Å². The van der Waals surface area contributed by atoms with Crippen LogP contribution in [0.4, 0.5) is 17.1 Å². The molecule has 0 bridgehead atoms. The molecule has 1 N–H and O–H groups in total. The molecule has 3 rings (SSSR count). The lowest BCUT2D eigenvalue weighted by Crippen LogP contribution is -2.23. The number of hydrogen-bond donors (Lipinski definition) is 1. The largest absolute Gasteiger partial charge is 0.326 e. The SMILES string of the molecule is O=C(Cc1ccccc1[N+](=O)[O-])Nc1ccc(N2CCCC2=O)cc1. The van der Waals surface area contributed by atoms with Crippen molar-refractivity contribution in [3.63, 3.8) is 0 Å². The number of hydrogen-bond acceptors (Lipinski definition) is 4. The summed E-state index contributed by atoms with van der Waals surface area (Å²) >= 11 is 0. The van der Waals surface area contributed by atoms with Gasteiger partial charge in [0.2, 0.25) is 11.8 Å². The van der Waals surface area contributed by atoms with Crippen LogP contribution in [0.1, 0.15) is 18.4 Å². The molecule has 7 heteroatoms. The Morgan fingerprint density at radius 1 is 1.16 bits per heavy atom. The molecule has 0 radical (unpaired) electrons. The second-order valence-electron chi connectivity index (χ2n) is 5.81. The zero-order chi connectivity index (χ0) is 17.8. The van der Waals surface area contributed by atoms with E-state index in [2.05, 4.69) is 5.32 Å². The first-order valence-electron chi connectivity index (χ1n) is 7.97. The second kappa shape index (κ2) is 7.12. The Morgan fingerprint density at radius 2 is 1.88 bits per heavy atom. The summed E-state index contributed by atoms with van der Waals surface area (Å²) in [6, 6.07) is 13.2.